The van der Waals surface area contributed by atoms with Crippen LogP contribution in [0.25, 0.3) is 28.3 Å². The van der Waals surface area contributed by atoms with E-state index in [0.29, 0.717) is 23.8 Å². The number of amides is 2. The van der Waals surface area contributed by atoms with Crippen LogP contribution in [0.1, 0.15) is 17.0 Å². The molecule has 1 fully saturated rings. The van der Waals surface area contributed by atoms with Crippen molar-refractivity contribution in [3.05, 3.63) is 88.7 Å². The van der Waals surface area contributed by atoms with Gasteiger partial charge in [0.25, 0.3) is 11.1 Å². The first-order chi connectivity index (χ1) is 16.1. The molecule has 3 aromatic carbocycles. The third-order valence-electron chi connectivity index (χ3n) is 5.36. The molecule has 0 atom stereocenters. The van der Waals surface area contributed by atoms with E-state index in [4.69, 9.17) is 9.15 Å². The Morgan fingerprint density at radius 3 is 2.52 bits per heavy atom. The van der Waals surface area contributed by atoms with E-state index < -0.39 is 0 Å². The van der Waals surface area contributed by atoms with Gasteiger partial charge in [0.15, 0.2) is 0 Å². The Morgan fingerprint density at radius 2 is 1.76 bits per heavy atom. The van der Waals surface area contributed by atoms with Crippen LogP contribution >= 0.6 is 11.8 Å². The van der Waals surface area contributed by atoms with Crippen LogP contribution in [-0.2, 0) is 11.2 Å². The Morgan fingerprint density at radius 1 is 1.00 bits per heavy atom. The third kappa shape index (κ3) is 4.40. The lowest BCUT2D eigenvalue weighted by Gasteiger charge is -2.11. The summed E-state index contributed by atoms with van der Waals surface area (Å²) >= 11 is 0.909. The van der Waals surface area contributed by atoms with E-state index in [2.05, 4.69) is 10.3 Å². The molecule has 1 N–H and O–H groups in total. The van der Waals surface area contributed by atoms with E-state index in [-0.39, 0.29) is 11.1 Å². The average molecular weight is 457 g/mol. The van der Waals surface area contributed by atoms with Gasteiger partial charge in [-0.3, -0.25) is 14.9 Å². The van der Waals surface area contributed by atoms with Crippen molar-refractivity contribution >= 4 is 39.8 Å². The van der Waals surface area contributed by atoms with Gasteiger partial charge in [0.05, 0.1) is 17.2 Å². The molecule has 0 bridgehead atoms. The van der Waals surface area contributed by atoms with E-state index >= 15 is 0 Å². The number of imide groups is 1. The summed E-state index contributed by atoms with van der Waals surface area (Å²) < 4.78 is 12.0. The summed E-state index contributed by atoms with van der Waals surface area (Å²) in [5, 5.41) is 3.81. The second kappa shape index (κ2) is 8.96. The number of carbonyl (C=O) groups is 2. The van der Waals surface area contributed by atoms with Crippen molar-refractivity contribution in [1.29, 1.82) is 0 Å². The number of rotatable bonds is 6. The number of benzene rings is 3. The summed E-state index contributed by atoms with van der Waals surface area (Å²) in [5.41, 5.74) is 2.66. The Bertz CT molecular complexity index is 1390. The van der Waals surface area contributed by atoms with E-state index in [1.54, 1.807) is 6.08 Å². The zero-order valence-corrected chi connectivity index (χ0v) is 18.6. The lowest BCUT2D eigenvalue weighted by Crippen LogP contribution is -2.17. The minimum atomic E-state index is -0.368. The van der Waals surface area contributed by atoms with Crippen LogP contribution in [0.3, 0.4) is 0 Å². The zero-order valence-electron chi connectivity index (χ0n) is 17.8. The second-order valence-corrected chi connectivity index (χ2v) is 8.55. The number of thioether (sulfide) groups is 1. The summed E-state index contributed by atoms with van der Waals surface area (Å²) in [5.74, 6) is 1.77. The fourth-order valence-corrected chi connectivity index (χ4v) is 4.40. The number of aryl methyl sites for hydroxylation is 1. The Balaban J connectivity index is 1.35. The number of oxazole rings is 1. The lowest BCUT2D eigenvalue weighted by molar-refractivity contribution is -0.115. The highest BCUT2D eigenvalue weighted by molar-refractivity contribution is 8.18. The summed E-state index contributed by atoms with van der Waals surface area (Å²) in [6.45, 7) is 2.35. The number of carbonyl (C=O) groups excluding carboxylic acids is 2. The SMILES string of the molecule is Cc1oc(-c2ccccc2)nc1CCOc1ccc(/C=C2\SC(=O)NC2=O)c2ccccc12. The smallest absolute Gasteiger partial charge is 0.290 e. The molecule has 0 unspecified atom stereocenters. The predicted octanol–water partition coefficient (Wildman–Crippen LogP) is 5.75. The zero-order chi connectivity index (χ0) is 22.8. The van der Waals surface area contributed by atoms with Crippen LogP contribution in [0, 0.1) is 6.92 Å². The maximum absolute atomic E-state index is 11.9. The van der Waals surface area contributed by atoms with Gasteiger partial charge < -0.3 is 9.15 Å². The van der Waals surface area contributed by atoms with Gasteiger partial charge in [0.2, 0.25) is 5.89 Å². The average Bonchev–Trinajstić information content (AvgIpc) is 3.36. The molecule has 4 aromatic rings. The van der Waals surface area contributed by atoms with Gasteiger partial charge in [0.1, 0.15) is 11.5 Å². The van der Waals surface area contributed by atoms with Gasteiger partial charge in [-0.2, -0.15) is 0 Å². The van der Waals surface area contributed by atoms with Crippen molar-refractivity contribution < 1.29 is 18.7 Å². The largest absolute Gasteiger partial charge is 0.493 e. The van der Waals surface area contributed by atoms with E-state index in [1.165, 1.54) is 0 Å². The van der Waals surface area contributed by atoms with Crippen LogP contribution in [0.4, 0.5) is 4.79 Å². The van der Waals surface area contributed by atoms with E-state index in [9.17, 15) is 9.59 Å². The van der Waals surface area contributed by atoms with Crippen molar-refractivity contribution in [2.75, 3.05) is 6.61 Å². The van der Waals surface area contributed by atoms with E-state index in [1.807, 2.05) is 73.7 Å². The van der Waals surface area contributed by atoms with Crippen molar-refractivity contribution in [2.45, 2.75) is 13.3 Å². The number of fused-ring (bicyclic) bond motifs is 1. The molecule has 5 rings (SSSR count). The monoisotopic (exact) mass is 456 g/mol. The maximum atomic E-state index is 11.9. The van der Waals surface area contributed by atoms with Crippen LogP contribution in [0.2, 0.25) is 0 Å². The Labute approximate surface area is 194 Å². The van der Waals surface area contributed by atoms with Crippen molar-refractivity contribution in [3.63, 3.8) is 0 Å². The fourth-order valence-electron chi connectivity index (χ4n) is 3.73. The molecule has 2 amide bonds. The summed E-state index contributed by atoms with van der Waals surface area (Å²) in [7, 11) is 0. The highest BCUT2D eigenvalue weighted by Gasteiger charge is 2.25. The second-order valence-electron chi connectivity index (χ2n) is 7.54. The quantitative estimate of drug-likeness (QED) is 0.372. The summed E-state index contributed by atoms with van der Waals surface area (Å²) in [6, 6.07) is 21.4. The molecule has 6 nitrogen and oxygen atoms in total. The normalized spacial score (nSPS) is 14.8. The van der Waals surface area contributed by atoms with Gasteiger partial charge in [-0.05, 0) is 53.9 Å². The first kappa shape index (κ1) is 21.0. The number of ether oxygens (including phenoxy) is 1. The first-order valence-electron chi connectivity index (χ1n) is 10.5. The van der Waals surface area contributed by atoms with Gasteiger partial charge >= 0.3 is 0 Å². The van der Waals surface area contributed by atoms with Crippen LogP contribution < -0.4 is 10.1 Å². The molecule has 0 spiro atoms. The number of aromatic nitrogens is 1. The lowest BCUT2D eigenvalue weighted by atomic mass is 10.0. The highest BCUT2D eigenvalue weighted by Crippen LogP contribution is 2.33. The minimum absolute atomic E-state index is 0.353. The summed E-state index contributed by atoms with van der Waals surface area (Å²) in [4.78, 5) is 28.4. The van der Waals surface area contributed by atoms with Crippen LogP contribution in [0.15, 0.2) is 76.1 Å². The molecule has 0 saturated carbocycles. The third-order valence-corrected chi connectivity index (χ3v) is 6.17. The van der Waals surface area contributed by atoms with Gasteiger partial charge in [-0.15, -0.1) is 0 Å². The van der Waals surface area contributed by atoms with Crippen LogP contribution in [0.5, 0.6) is 5.75 Å². The van der Waals surface area contributed by atoms with Crippen LogP contribution in [-0.4, -0.2) is 22.7 Å². The highest BCUT2D eigenvalue weighted by atomic mass is 32.2. The summed E-state index contributed by atoms with van der Waals surface area (Å²) in [6.07, 6.45) is 2.35. The number of nitrogens with zero attached hydrogens (tertiary/aromatic N) is 1. The van der Waals surface area contributed by atoms with Crippen molar-refractivity contribution in [2.24, 2.45) is 0 Å². The van der Waals surface area contributed by atoms with Gasteiger partial charge in [-0.25, -0.2) is 4.98 Å². The van der Waals surface area contributed by atoms with Crippen molar-refractivity contribution in [3.8, 4) is 17.2 Å². The Kier molecular flexibility index (Phi) is 5.71. The molecule has 164 valence electrons. The fraction of sp³-hybridized carbons (Fsp3) is 0.115. The number of hydrogen-bond acceptors (Lipinski definition) is 6. The van der Waals surface area contributed by atoms with Crippen molar-refractivity contribution in [1.82, 2.24) is 10.3 Å². The molecule has 7 heteroatoms. The standard InChI is InChI=1S/C26H20N2O4S/c1-16-21(27-25(32-16)17-7-3-2-4-8-17)13-14-31-22-12-11-18(19-9-5-6-10-20(19)22)15-23-24(29)28-26(30)33-23/h2-12,15H,13-14H2,1H3,(H,28,29,30)/b23-15-. The number of hydrogen-bond donors (Lipinski definition) is 1. The van der Waals surface area contributed by atoms with Gasteiger partial charge in [-0.1, -0.05) is 48.5 Å². The molecule has 0 aliphatic carbocycles. The van der Waals surface area contributed by atoms with E-state index in [0.717, 1.165) is 50.9 Å². The molecule has 2 heterocycles. The molecular weight excluding hydrogens is 436 g/mol. The minimum Gasteiger partial charge on any atom is -0.493 e. The first-order valence-corrected chi connectivity index (χ1v) is 11.3. The maximum Gasteiger partial charge on any atom is 0.290 e. The molecule has 0 radical (unpaired) electrons. The molecule has 1 aromatic heterocycles. The molecule has 33 heavy (non-hydrogen) atoms. The molecule has 1 aliphatic heterocycles. The molecule has 1 aliphatic rings. The molecule has 1 saturated heterocycles. The number of nitrogens with one attached hydrogen (secondary N) is 1. The molecular formula is C26H20N2O4S. The van der Waals surface area contributed by atoms with Gasteiger partial charge in [0, 0.05) is 17.4 Å². The predicted molar refractivity (Wildman–Crippen MR) is 129 cm³/mol. The Hall–Kier alpha value is -3.84. The topological polar surface area (TPSA) is 81.4 Å².